The number of urea groups is 1. The number of amides is 3. The van der Waals surface area contributed by atoms with Crippen molar-refractivity contribution in [3.8, 4) is 0 Å². The number of β-amino-alcohol motifs (C(OH)–C–C–N with tert-alkyl or cyclic N) is 1. The molecule has 0 saturated carbocycles. The predicted molar refractivity (Wildman–Crippen MR) is 106 cm³/mol. The van der Waals surface area contributed by atoms with E-state index in [0.29, 0.717) is 5.96 Å². The summed E-state index contributed by atoms with van der Waals surface area (Å²) in [4.78, 5) is 31.9. The van der Waals surface area contributed by atoms with Crippen LogP contribution in [0.1, 0.15) is 32.3 Å². The largest absolute Gasteiger partial charge is 0.392 e. The summed E-state index contributed by atoms with van der Waals surface area (Å²) >= 11 is 0. The molecule has 3 unspecified atom stereocenters. The number of rotatable bonds is 6. The maximum Gasteiger partial charge on any atom is 0.325 e. The lowest BCUT2D eigenvalue weighted by Gasteiger charge is -2.36. The van der Waals surface area contributed by atoms with Crippen molar-refractivity contribution in [3.05, 3.63) is 35.9 Å². The first-order chi connectivity index (χ1) is 13.4. The Morgan fingerprint density at radius 1 is 1.36 bits per heavy atom. The molecule has 1 fully saturated rings. The number of nitrogens with zero attached hydrogens (tertiary/aromatic N) is 4. The first-order valence-corrected chi connectivity index (χ1v) is 9.40. The summed E-state index contributed by atoms with van der Waals surface area (Å²) in [6, 6.07) is 8.62. The zero-order valence-electron chi connectivity index (χ0n) is 16.3. The van der Waals surface area contributed by atoms with Gasteiger partial charge in [-0.15, -0.1) is 0 Å². The lowest BCUT2D eigenvalue weighted by atomic mass is 10.1. The van der Waals surface area contributed by atoms with E-state index >= 15 is 0 Å². The van der Waals surface area contributed by atoms with Crippen molar-refractivity contribution in [2.24, 2.45) is 10.1 Å². The predicted octanol–water partition coefficient (Wildman–Crippen LogP) is 0.709. The van der Waals surface area contributed by atoms with Gasteiger partial charge in [-0.05, 0) is 18.9 Å². The molecule has 2 aliphatic heterocycles. The molecule has 9 nitrogen and oxygen atoms in total. The van der Waals surface area contributed by atoms with Gasteiger partial charge in [0, 0.05) is 13.6 Å². The smallest absolute Gasteiger partial charge is 0.325 e. The van der Waals surface area contributed by atoms with E-state index < -0.39 is 30.2 Å². The molecule has 150 valence electrons. The van der Waals surface area contributed by atoms with E-state index in [4.69, 9.17) is 0 Å². The minimum Gasteiger partial charge on any atom is -0.392 e. The second kappa shape index (κ2) is 8.39. The third kappa shape index (κ3) is 3.99. The molecule has 0 spiro atoms. The second-order valence-corrected chi connectivity index (χ2v) is 7.00. The molecule has 3 atom stereocenters. The van der Waals surface area contributed by atoms with E-state index in [-0.39, 0.29) is 6.54 Å². The Labute approximate surface area is 164 Å². The first-order valence-electron chi connectivity index (χ1n) is 9.40. The number of nitrogens with one attached hydrogen (secondary N) is 2. The molecule has 2 aliphatic rings. The average Bonchev–Trinajstić information content (AvgIpc) is 3.02. The Balaban J connectivity index is 1.89. The van der Waals surface area contributed by atoms with Gasteiger partial charge in [0.05, 0.1) is 11.8 Å². The number of aliphatic imine (C=N–C) groups is 1. The number of benzene rings is 1. The molecule has 0 bridgehead atoms. The molecule has 3 N–H and O–H groups in total. The van der Waals surface area contributed by atoms with Gasteiger partial charge < -0.3 is 14.9 Å². The van der Waals surface area contributed by atoms with E-state index in [0.717, 1.165) is 24.1 Å². The van der Waals surface area contributed by atoms with Gasteiger partial charge in [-0.2, -0.15) is 5.10 Å². The van der Waals surface area contributed by atoms with Crippen molar-refractivity contribution in [2.45, 2.75) is 45.0 Å². The highest BCUT2D eigenvalue weighted by molar-refractivity contribution is 6.04. The van der Waals surface area contributed by atoms with Gasteiger partial charge in [-0.1, -0.05) is 43.7 Å². The number of fused-ring (bicyclic) bond motifs is 1. The zero-order chi connectivity index (χ0) is 20.3. The Bertz CT molecular complexity index is 792. The highest BCUT2D eigenvalue weighted by Gasteiger charge is 2.48. The van der Waals surface area contributed by atoms with Crippen LogP contribution in [-0.4, -0.2) is 70.4 Å². The molecular weight excluding hydrogens is 360 g/mol. The number of aliphatic hydroxyl groups is 1. The topological polar surface area (TPSA) is 110 Å². The summed E-state index contributed by atoms with van der Waals surface area (Å²) < 4.78 is 0. The third-order valence-electron chi connectivity index (χ3n) is 4.71. The fraction of sp³-hybridized carbons (Fsp3) is 0.474. The standard InChI is InChI=1S/C19H26N6O3/c1-4-8-14(13-9-6-5-7-10-13)22-23-18-20-16-15(25(18)11-12(2)26)17(27)21-19(28)24(16)3/h5-7,9-10,12,15-16,26H,4,8,11H2,1-3H3,(H,20,23)(H,21,27,28)/b22-14+. The fourth-order valence-electron chi connectivity index (χ4n) is 3.35. The molecule has 1 aromatic carbocycles. The van der Waals surface area contributed by atoms with E-state index in [9.17, 15) is 14.7 Å². The molecule has 1 aromatic rings. The van der Waals surface area contributed by atoms with Gasteiger partial charge in [0.15, 0.2) is 12.2 Å². The number of carbonyl (C=O) groups excluding carboxylic acids is 2. The molecular formula is C19H26N6O3. The molecule has 3 amide bonds. The van der Waals surface area contributed by atoms with Crippen molar-refractivity contribution in [1.29, 1.82) is 0 Å². The monoisotopic (exact) mass is 386 g/mol. The van der Waals surface area contributed by atoms with Crippen LogP contribution in [0, 0.1) is 0 Å². The van der Waals surface area contributed by atoms with E-state index in [1.165, 1.54) is 4.90 Å². The molecule has 0 radical (unpaired) electrons. The van der Waals surface area contributed by atoms with Gasteiger partial charge in [-0.25, -0.2) is 15.2 Å². The Morgan fingerprint density at radius 2 is 2.07 bits per heavy atom. The number of guanidine groups is 1. The molecule has 0 aliphatic carbocycles. The van der Waals surface area contributed by atoms with E-state index in [2.05, 4.69) is 27.8 Å². The summed E-state index contributed by atoms with van der Waals surface area (Å²) in [6.07, 6.45) is 0.343. The summed E-state index contributed by atoms with van der Waals surface area (Å²) in [5, 5.41) is 16.7. The van der Waals surface area contributed by atoms with Gasteiger partial charge in [0.25, 0.3) is 5.91 Å². The first kappa shape index (κ1) is 19.8. The highest BCUT2D eigenvalue weighted by atomic mass is 16.3. The summed E-state index contributed by atoms with van der Waals surface area (Å²) in [6.45, 7) is 3.90. The highest BCUT2D eigenvalue weighted by Crippen LogP contribution is 2.23. The average molecular weight is 386 g/mol. The SMILES string of the molecule is CCC/C(=N\NC1=NC2C(C(=O)NC(=O)N2C)N1CC(C)O)c1ccccc1. The van der Waals surface area contributed by atoms with Crippen LogP contribution in [0.2, 0.25) is 0 Å². The van der Waals surface area contributed by atoms with Crippen LogP contribution in [0.3, 0.4) is 0 Å². The quantitative estimate of drug-likeness (QED) is 0.493. The van der Waals surface area contributed by atoms with Crippen molar-refractivity contribution in [1.82, 2.24) is 20.5 Å². The fourth-order valence-corrected chi connectivity index (χ4v) is 3.35. The zero-order valence-corrected chi connectivity index (χ0v) is 16.3. The van der Waals surface area contributed by atoms with Crippen LogP contribution in [-0.2, 0) is 4.79 Å². The second-order valence-electron chi connectivity index (χ2n) is 7.00. The van der Waals surface area contributed by atoms with Gasteiger partial charge in [0.2, 0.25) is 5.96 Å². The Morgan fingerprint density at radius 3 is 2.71 bits per heavy atom. The number of hydrazone groups is 1. The Hall–Kier alpha value is -2.94. The van der Waals surface area contributed by atoms with Crippen LogP contribution in [0.15, 0.2) is 40.4 Å². The molecule has 1 saturated heterocycles. The number of likely N-dealkylation sites (N-methyl/N-ethyl adjacent to an activating group) is 1. The lowest BCUT2D eigenvalue weighted by Crippen LogP contribution is -2.64. The number of carbonyl (C=O) groups is 2. The van der Waals surface area contributed by atoms with Crippen molar-refractivity contribution < 1.29 is 14.7 Å². The van der Waals surface area contributed by atoms with Crippen LogP contribution in [0.4, 0.5) is 4.79 Å². The minimum atomic E-state index is -0.707. The van der Waals surface area contributed by atoms with Gasteiger partial charge in [0.1, 0.15) is 0 Å². The van der Waals surface area contributed by atoms with Crippen LogP contribution < -0.4 is 10.7 Å². The van der Waals surface area contributed by atoms with Crippen LogP contribution in [0.25, 0.3) is 0 Å². The maximum atomic E-state index is 12.4. The summed E-state index contributed by atoms with van der Waals surface area (Å²) in [5.41, 5.74) is 4.83. The Kier molecular flexibility index (Phi) is 5.93. The summed E-state index contributed by atoms with van der Waals surface area (Å²) in [7, 11) is 1.59. The van der Waals surface area contributed by atoms with Crippen LogP contribution in [0.5, 0.6) is 0 Å². The van der Waals surface area contributed by atoms with Crippen molar-refractivity contribution in [3.63, 3.8) is 0 Å². The van der Waals surface area contributed by atoms with Gasteiger partial charge >= 0.3 is 6.03 Å². The summed E-state index contributed by atoms with van der Waals surface area (Å²) in [5.74, 6) is -0.0766. The number of imide groups is 1. The van der Waals surface area contributed by atoms with Crippen molar-refractivity contribution >= 4 is 23.6 Å². The van der Waals surface area contributed by atoms with E-state index in [1.807, 2.05) is 30.3 Å². The normalized spacial score (nSPS) is 23.3. The van der Waals surface area contributed by atoms with Crippen molar-refractivity contribution in [2.75, 3.05) is 13.6 Å². The van der Waals surface area contributed by atoms with Gasteiger partial charge in [-0.3, -0.25) is 10.1 Å². The van der Waals surface area contributed by atoms with E-state index in [1.54, 1.807) is 18.9 Å². The molecule has 2 heterocycles. The number of hydrogen-bond donors (Lipinski definition) is 3. The third-order valence-corrected chi connectivity index (χ3v) is 4.71. The number of aliphatic hydroxyl groups excluding tert-OH is 1. The minimum absolute atomic E-state index is 0.187. The maximum absolute atomic E-state index is 12.4. The molecule has 28 heavy (non-hydrogen) atoms. The number of hydrogen-bond acceptors (Lipinski definition) is 7. The van der Waals surface area contributed by atoms with Crippen LogP contribution >= 0.6 is 0 Å². The molecule has 9 heteroatoms. The lowest BCUT2D eigenvalue weighted by molar-refractivity contribution is -0.127. The molecule has 0 aromatic heterocycles. The molecule has 3 rings (SSSR count).